The fourth-order valence-electron chi connectivity index (χ4n) is 2.89. The standard InChI is InChI=1S/C18H19N3O5S/c1-20-14-10-9-13(11-15(14)21(2)18(20)23)27(24,25)19-16(17(22)26-3)12-7-5-4-6-8-12/h4-11,16,19H,1-3H3/t16-/m1/s1. The lowest BCUT2D eigenvalue weighted by Gasteiger charge is -2.17. The van der Waals surface area contributed by atoms with Crippen molar-refractivity contribution < 1.29 is 17.9 Å². The quantitative estimate of drug-likeness (QED) is 0.658. The zero-order chi connectivity index (χ0) is 19.8. The highest BCUT2D eigenvalue weighted by Crippen LogP contribution is 2.21. The van der Waals surface area contributed by atoms with Crippen LogP contribution in [0.2, 0.25) is 0 Å². The molecule has 2 aromatic carbocycles. The minimum absolute atomic E-state index is 0.0546. The number of nitrogens with zero attached hydrogens (tertiary/aromatic N) is 2. The van der Waals surface area contributed by atoms with Gasteiger partial charge in [0, 0.05) is 14.1 Å². The Morgan fingerprint density at radius 2 is 1.67 bits per heavy atom. The molecular weight excluding hydrogens is 370 g/mol. The summed E-state index contributed by atoms with van der Waals surface area (Å²) < 4.78 is 35.7. The fourth-order valence-corrected chi connectivity index (χ4v) is 4.09. The molecule has 0 spiro atoms. The molecule has 142 valence electrons. The Morgan fingerprint density at radius 3 is 2.30 bits per heavy atom. The molecule has 1 atom stereocenters. The predicted molar refractivity (Wildman–Crippen MR) is 99.7 cm³/mol. The van der Waals surface area contributed by atoms with Gasteiger partial charge in [-0.25, -0.2) is 18.0 Å². The lowest BCUT2D eigenvalue weighted by molar-refractivity contribution is -0.142. The van der Waals surface area contributed by atoms with E-state index >= 15 is 0 Å². The normalized spacial score (nSPS) is 12.9. The zero-order valence-corrected chi connectivity index (χ0v) is 15.9. The van der Waals surface area contributed by atoms with Crippen LogP contribution in [0.25, 0.3) is 11.0 Å². The number of rotatable bonds is 5. The summed E-state index contributed by atoms with van der Waals surface area (Å²) in [5.41, 5.74) is 1.28. The molecule has 8 nitrogen and oxygen atoms in total. The van der Waals surface area contributed by atoms with Gasteiger partial charge in [-0.05, 0) is 23.8 Å². The van der Waals surface area contributed by atoms with Crippen molar-refractivity contribution >= 4 is 27.0 Å². The summed E-state index contributed by atoms with van der Waals surface area (Å²) in [5, 5.41) is 0. The fraction of sp³-hybridized carbons (Fsp3) is 0.222. The molecule has 0 aliphatic rings. The minimum Gasteiger partial charge on any atom is -0.468 e. The Labute approximate surface area is 156 Å². The minimum atomic E-state index is -4.05. The number of sulfonamides is 1. The molecule has 0 aliphatic carbocycles. The van der Waals surface area contributed by atoms with E-state index in [-0.39, 0.29) is 10.6 Å². The summed E-state index contributed by atoms with van der Waals surface area (Å²) in [6, 6.07) is 11.6. The predicted octanol–water partition coefficient (Wildman–Crippen LogP) is 1.07. The van der Waals surface area contributed by atoms with Crippen molar-refractivity contribution in [1.82, 2.24) is 13.9 Å². The second-order valence-electron chi connectivity index (χ2n) is 6.04. The molecule has 0 saturated heterocycles. The van der Waals surface area contributed by atoms with Gasteiger partial charge in [0.25, 0.3) is 0 Å². The molecule has 0 saturated carbocycles. The molecule has 1 aromatic heterocycles. The second-order valence-corrected chi connectivity index (χ2v) is 7.75. The number of aryl methyl sites for hydroxylation is 2. The number of carbonyl (C=O) groups excluding carboxylic acids is 1. The molecular formula is C18H19N3O5S. The molecule has 27 heavy (non-hydrogen) atoms. The molecule has 9 heteroatoms. The average molecular weight is 389 g/mol. The van der Waals surface area contributed by atoms with Gasteiger partial charge < -0.3 is 4.74 Å². The monoisotopic (exact) mass is 389 g/mol. The number of benzene rings is 2. The van der Waals surface area contributed by atoms with Crippen LogP contribution in [0.15, 0.2) is 58.2 Å². The van der Waals surface area contributed by atoms with Gasteiger partial charge in [-0.3, -0.25) is 9.13 Å². The van der Waals surface area contributed by atoms with Gasteiger partial charge in [-0.1, -0.05) is 30.3 Å². The van der Waals surface area contributed by atoms with E-state index in [1.54, 1.807) is 50.5 Å². The van der Waals surface area contributed by atoms with Crippen LogP contribution in [0.5, 0.6) is 0 Å². The molecule has 0 aliphatic heterocycles. The first kappa shape index (κ1) is 18.9. The van der Waals surface area contributed by atoms with Crippen LogP contribution < -0.4 is 10.4 Å². The van der Waals surface area contributed by atoms with Crippen molar-refractivity contribution in [3.05, 3.63) is 64.6 Å². The van der Waals surface area contributed by atoms with E-state index in [0.29, 0.717) is 16.6 Å². The van der Waals surface area contributed by atoms with E-state index in [9.17, 15) is 18.0 Å². The van der Waals surface area contributed by atoms with Crippen molar-refractivity contribution in [2.45, 2.75) is 10.9 Å². The third-order valence-electron chi connectivity index (χ3n) is 4.40. The molecule has 3 rings (SSSR count). The summed E-state index contributed by atoms with van der Waals surface area (Å²) in [5.74, 6) is -0.724. The van der Waals surface area contributed by atoms with Gasteiger partial charge in [-0.15, -0.1) is 0 Å². The topological polar surface area (TPSA) is 99.4 Å². The number of aromatic nitrogens is 2. The molecule has 1 heterocycles. The Balaban J connectivity index is 2.05. The van der Waals surface area contributed by atoms with Crippen molar-refractivity contribution in [2.24, 2.45) is 14.1 Å². The van der Waals surface area contributed by atoms with Gasteiger partial charge in [0.2, 0.25) is 10.0 Å². The molecule has 0 unspecified atom stereocenters. The Bertz CT molecular complexity index is 1160. The summed E-state index contributed by atoms with van der Waals surface area (Å²) >= 11 is 0. The third kappa shape index (κ3) is 3.38. The number of fused-ring (bicyclic) bond motifs is 1. The Hall–Kier alpha value is -2.91. The number of carbonyl (C=O) groups is 1. The van der Waals surface area contributed by atoms with Crippen LogP contribution in [0, 0.1) is 0 Å². The van der Waals surface area contributed by atoms with Crippen LogP contribution in [-0.2, 0) is 33.7 Å². The van der Waals surface area contributed by atoms with Crippen LogP contribution in [0.4, 0.5) is 0 Å². The van der Waals surface area contributed by atoms with E-state index in [1.165, 1.54) is 28.4 Å². The molecule has 3 aromatic rings. The highest BCUT2D eigenvalue weighted by atomic mass is 32.2. The zero-order valence-electron chi connectivity index (χ0n) is 15.0. The van der Waals surface area contributed by atoms with Crippen molar-refractivity contribution in [2.75, 3.05) is 7.11 Å². The number of nitrogens with one attached hydrogen (secondary N) is 1. The summed E-state index contributed by atoms with van der Waals surface area (Å²) in [6.45, 7) is 0. The van der Waals surface area contributed by atoms with Crippen molar-refractivity contribution in [1.29, 1.82) is 0 Å². The number of ether oxygens (including phenoxy) is 1. The number of hydrogen-bond donors (Lipinski definition) is 1. The highest BCUT2D eigenvalue weighted by Gasteiger charge is 2.28. The average Bonchev–Trinajstić information content (AvgIpc) is 2.90. The SMILES string of the molecule is COC(=O)[C@H](NS(=O)(=O)c1ccc2c(c1)n(C)c(=O)n2C)c1ccccc1. The first-order valence-electron chi connectivity index (χ1n) is 8.07. The Kier molecular flexibility index (Phi) is 4.90. The lowest BCUT2D eigenvalue weighted by Crippen LogP contribution is -2.34. The van der Waals surface area contributed by atoms with E-state index in [0.717, 1.165) is 0 Å². The first-order valence-corrected chi connectivity index (χ1v) is 9.55. The van der Waals surface area contributed by atoms with E-state index in [1.807, 2.05) is 0 Å². The number of hydrogen-bond acceptors (Lipinski definition) is 5. The summed E-state index contributed by atoms with van der Waals surface area (Å²) in [4.78, 5) is 24.1. The molecule has 0 amide bonds. The molecule has 1 N–H and O–H groups in total. The number of esters is 1. The number of methoxy groups -OCH3 is 1. The first-order chi connectivity index (χ1) is 12.8. The van der Waals surface area contributed by atoms with E-state index in [2.05, 4.69) is 4.72 Å². The molecule has 0 bridgehead atoms. The molecule has 0 fully saturated rings. The smallest absolute Gasteiger partial charge is 0.328 e. The second kappa shape index (κ2) is 7.01. The van der Waals surface area contributed by atoms with Gasteiger partial charge in [-0.2, -0.15) is 4.72 Å². The summed E-state index contributed by atoms with van der Waals surface area (Å²) in [6.07, 6.45) is 0. The Morgan fingerprint density at radius 1 is 1.04 bits per heavy atom. The van der Waals surface area contributed by atoms with Crippen LogP contribution >= 0.6 is 0 Å². The van der Waals surface area contributed by atoms with Crippen molar-refractivity contribution in [3.63, 3.8) is 0 Å². The summed E-state index contributed by atoms with van der Waals surface area (Å²) in [7, 11) is 0.319. The van der Waals surface area contributed by atoms with Crippen molar-refractivity contribution in [3.8, 4) is 0 Å². The van der Waals surface area contributed by atoms with Gasteiger partial charge in [0.05, 0.1) is 23.0 Å². The largest absolute Gasteiger partial charge is 0.468 e. The van der Waals surface area contributed by atoms with Gasteiger partial charge in [0.15, 0.2) is 0 Å². The van der Waals surface area contributed by atoms with Crippen LogP contribution in [-0.4, -0.2) is 30.6 Å². The maximum absolute atomic E-state index is 12.9. The highest BCUT2D eigenvalue weighted by molar-refractivity contribution is 7.89. The lowest BCUT2D eigenvalue weighted by atomic mass is 10.1. The van der Waals surface area contributed by atoms with E-state index in [4.69, 9.17) is 4.74 Å². The number of imidazole rings is 1. The van der Waals surface area contributed by atoms with Gasteiger partial charge >= 0.3 is 11.7 Å². The van der Waals surface area contributed by atoms with E-state index < -0.39 is 22.0 Å². The molecule has 0 radical (unpaired) electrons. The maximum Gasteiger partial charge on any atom is 0.328 e. The van der Waals surface area contributed by atoms with Crippen LogP contribution in [0.3, 0.4) is 0 Å². The third-order valence-corrected chi connectivity index (χ3v) is 5.82. The maximum atomic E-state index is 12.9. The van der Waals surface area contributed by atoms with Crippen LogP contribution in [0.1, 0.15) is 11.6 Å². The van der Waals surface area contributed by atoms with Gasteiger partial charge in [0.1, 0.15) is 6.04 Å².